The van der Waals surface area contributed by atoms with Crippen molar-refractivity contribution < 1.29 is 13.2 Å². The molecule has 0 bridgehead atoms. The number of hydrogen-bond acceptors (Lipinski definition) is 6. The highest BCUT2D eigenvalue weighted by molar-refractivity contribution is 7.91. The minimum Gasteiger partial charge on any atom is -0.340 e. The number of fused-ring (bicyclic) bond motifs is 1. The van der Waals surface area contributed by atoms with Gasteiger partial charge in [-0.1, -0.05) is 12.1 Å². The molecule has 2 heterocycles. The third-order valence-electron chi connectivity index (χ3n) is 4.85. The fourth-order valence-electron chi connectivity index (χ4n) is 3.08. The molecule has 0 N–H and O–H groups in total. The Labute approximate surface area is 152 Å². The summed E-state index contributed by atoms with van der Waals surface area (Å²) in [6, 6.07) is 7.44. The molecule has 0 spiro atoms. The van der Waals surface area contributed by atoms with Crippen molar-refractivity contribution in [3.63, 3.8) is 0 Å². The SMILES string of the molecule is CC(C(=O)N(C)C1CCS(=O)(=O)C1)N(C)Cc1nc2ccccc2s1. The first-order valence-electron chi connectivity index (χ1n) is 8.28. The molecule has 1 aliphatic rings. The average molecular weight is 382 g/mol. The van der Waals surface area contributed by atoms with E-state index in [1.165, 1.54) is 0 Å². The van der Waals surface area contributed by atoms with Crippen molar-refractivity contribution in [2.24, 2.45) is 0 Å². The van der Waals surface area contributed by atoms with Crippen LogP contribution in [-0.4, -0.2) is 66.8 Å². The minimum absolute atomic E-state index is 0.0503. The Balaban J connectivity index is 1.64. The van der Waals surface area contributed by atoms with Crippen LogP contribution >= 0.6 is 11.3 Å². The number of carbonyl (C=O) groups excluding carboxylic acids is 1. The van der Waals surface area contributed by atoms with E-state index in [1.807, 2.05) is 43.1 Å². The number of sulfone groups is 1. The molecule has 1 saturated heterocycles. The molecule has 6 nitrogen and oxygen atoms in total. The molecule has 0 radical (unpaired) electrons. The van der Waals surface area contributed by atoms with Crippen molar-refractivity contribution in [1.29, 1.82) is 0 Å². The Kier molecular flexibility index (Phi) is 5.13. The lowest BCUT2D eigenvalue weighted by atomic mass is 10.2. The molecule has 1 fully saturated rings. The van der Waals surface area contributed by atoms with E-state index in [0.717, 1.165) is 15.2 Å². The van der Waals surface area contributed by atoms with Crippen molar-refractivity contribution in [2.45, 2.75) is 32.0 Å². The summed E-state index contributed by atoms with van der Waals surface area (Å²) >= 11 is 1.63. The van der Waals surface area contributed by atoms with Crippen molar-refractivity contribution in [3.8, 4) is 0 Å². The van der Waals surface area contributed by atoms with E-state index in [-0.39, 0.29) is 29.5 Å². The van der Waals surface area contributed by atoms with Crippen LogP contribution in [-0.2, 0) is 21.2 Å². The summed E-state index contributed by atoms with van der Waals surface area (Å²) in [6.07, 6.45) is 0.527. The molecule has 1 aliphatic heterocycles. The number of carbonyl (C=O) groups is 1. The summed E-state index contributed by atoms with van der Waals surface area (Å²) in [6.45, 7) is 2.44. The van der Waals surface area contributed by atoms with Gasteiger partial charge in [-0.2, -0.15) is 0 Å². The lowest BCUT2D eigenvalue weighted by molar-refractivity contribution is -0.136. The third-order valence-corrected chi connectivity index (χ3v) is 7.62. The van der Waals surface area contributed by atoms with Crippen LogP contribution in [0.15, 0.2) is 24.3 Å². The van der Waals surface area contributed by atoms with Gasteiger partial charge in [0.15, 0.2) is 9.84 Å². The van der Waals surface area contributed by atoms with Gasteiger partial charge in [-0.05, 0) is 32.5 Å². The van der Waals surface area contributed by atoms with Gasteiger partial charge in [0.2, 0.25) is 5.91 Å². The van der Waals surface area contributed by atoms with Gasteiger partial charge < -0.3 is 4.90 Å². The first-order valence-corrected chi connectivity index (χ1v) is 10.9. The number of benzene rings is 1. The van der Waals surface area contributed by atoms with Crippen molar-refractivity contribution in [1.82, 2.24) is 14.8 Å². The predicted molar refractivity (Wildman–Crippen MR) is 100 cm³/mol. The van der Waals surface area contributed by atoms with Crippen LogP contribution in [0.1, 0.15) is 18.4 Å². The van der Waals surface area contributed by atoms with Crippen molar-refractivity contribution in [2.75, 3.05) is 25.6 Å². The molecule has 0 saturated carbocycles. The molecular weight excluding hydrogens is 358 g/mol. The number of thiazole rings is 1. The number of hydrogen-bond donors (Lipinski definition) is 0. The zero-order valence-electron chi connectivity index (χ0n) is 14.7. The van der Waals surface area contributed by atoms with E-state index in [4.69, 9.17) is 0 Å². The maximum Gasteiger partial charge on any atom is 0.239 e. The summed E-state index contributed by atoms with van der Waals surface area (Å²) in [5, 5.41) is 0.967. The Morgan fingerprint density at radius 3 is 2.72 bits per heavy atom. The highest BCUT2D eigenvalue weighted by Crippen LogP contribution is 2.23. The van der Waals surface area contributed by atoms with Crippen LogP contribution in [0.5, 0.6) is 0 Å². The highest BCUT2D eigenvalue weighted by atomic mass is 32.2. The summed E-state index contributed by atoms with van der Waals surface area (Å²) < 4.78 is 24.4. The Hall–Kier alpha value is -1.51. The van der Waals surface area contributed by atoms with E-state index in [2.05, 4.69) is 4.98 Å². The van der Waals surface area contributed by atoms with E-state index in [0.29, 0.717) is 13.0 Å². The van der Waals surface area contributed by atoms with Gasteiger partial charge >= 0.3 is 0 Å². The Bertz CT molecular complexity index is 845. The predicted octanol–water partition coefficient (Wildman–Crippen LogP) is 1.76. The maximum absolute atomic E-state index is 12.7. The summed E-state index contributed by atoms with van der Waals surface area (Å²) in [4.78, 5) is 20.9. The zero-order chi connectivity index (χ0) is 18.2. The lowest BCUT2D eigenvalue weighted by Crippen LogP contribution is -2.48. The molecule has 0 aliphatic carbocycles. The fourth-order valence-corrected chi connectivity index (χ4v) is 5.89. The number of likely N-dealkylation sites (N-methyl/N-ethyl adjacent to an activating group) is 2. The molecule has 136 valence electrons. The van der Waals surface area contributed by atoms with E-state index >= 15 is 0 Å². The smallest absolute Gasteiger partial charge is 0.239 e. The Morgan fingerprint density at radius 2 is 2.08 bits per heavy atom. The minimum atomic E-state index is -3.00. The second kappa shape index (κ2) is 7.01. The second-order valence-electron chi connectivity index (χ2n) is 6.67. The highest BCUT2D eigenvalue weighted by Gasteiger charge is 2.34. The number of nitrogens with zero attached hydrogens (tertiary/aromatic N) is 3. The van der Waals surface area contributed by atoms with Gasteiger partial charge in [0.1, 0.15) is 5.01 Å². The van der Waals surface area contributed by atoms with E-state index < -0.39 is 9.84 Å². The van der Waals surface area contributed by atoms with Gasteiger partial charge in [0, 0.05) is 13.1 Å². The van der Waals surface area contributed by atoms with E-state index in [1.54, 1.807) is 23.3 Å². The zero-order valence-corrected chi connectivity index (χ0v) is 16.3. The van der Waals surface area contributed by atoms with Gasteiger partial charge in [0.05, 0.1) is 34.3 Å². The molecule has 1 aromatic carbocycles. The lowest BCUT2D eigenvalue weighted by Gasteiger charge is -2.30. The number of para-hydroxylation sites is 1. The van der Waals surface area contributed by atoms with Gasteiger partial charge in [-0.15, -0.1) is 11.3 Å². The second-order valence-corrected chi connectivity index (χ2v) is 10.0. The third kappa shape index (κ3) is 4.02. The molecule has 25 heavy (non-hydrogen) atoms. The molecule has 1 aromatic heterocycles. The first kappa shape index (κ1) is 18.3. The number of amides is 1. The van der Waals surface area contributed by atoms with Crippen LogP contribution in [0.2, 0.25) is 0 Å². The van der Waals surface area contributed by atoms with Crippen LogP contribution in [0.25, 0.3) is 10.2 Å². The van der Waals surface area contributed by atoms with E-state index in [9.17, 15) is 13.2 Å². The van der Waals surface area contributed by atoms with Crippen LogP contribution in [0.3, 0.4) is 0 Å². The molecule has 2 unspecified atom stereocenters. The maximum atomic E-state index is 12.7. The molecule has 2 atom stereocenters. The van der Waals surface area contributed by atoms with Crippen LogP contribution in [0.4, 0.5) is 0 Å². The average Bonchev–Trinajstić information content (AvgIpc) is 3.14. The summed E-state index contributed by atoms with van der Waals surface area (Å²) in [5.74, 6) is 0.195. The number of aromatic nitrogens is 1. The van der Waals surface area contributed by atoms with Crippen LogP contribution in [0, 0.1) is 0 Å². The van der Waals surface area contributed by atoms with Gasteiger partial charge in [-0.3, -0.25) is 9.69 Å². The fraction of sp³-hybridized carbons (Fsp3) is 0.529. The van der Waals surface area contributed by atoms with Gasteiger partial charge in [0.25, 0.3) is 0 Å². The molecule has 8 heteroatoms. The largest absolute Gasteiger partial charge is 0.340 e. The van der Waals surface area contributed by atoms with Gasteiger partial charge in [-0.25, -0.2) is 13.4 Å². The first-order chi connectivity index (χ1) is 11.8. The summed E-state index contributed by atoms with van der Waals surface area (Å²) in [7, 11) is 0.602. The quantitative estimate of drug-likeness (QED) is 0.789. The number of rotatable bonds is 5. The monoisotopic (exact) mass is 381 g/mol. The molecule has 3 rings (SSSR count). The van der Waals surface area contributed by atoms with Crippen molar-refractivity contribution >= 4 is 37.3 Å². The Morgan fingerprint density at radius 1 is 1.36 bits per heavy atom. The molecular formula is C17H23N3O3S2. The van der Waals surface area contributed by atoms with Crippen molar-refractivity contribution in [3.05, 3.63) is 29.3 Å². The normalized spacial score (nSPS) is 20.9. The molecule has 2 aromatic rings. The topological polar surface area (TPSA) is 70.6 Å². The standard InChI is InChI=1S/C17H23N3O3S2/c1-12(17(21)20(3)13-8-9-25(22,23)11-13)19(2)10-16-18-14-6-4-5-7-15(14)24-16/h4-7,12-13H,8-11H2,1-3H3. The van der Waals surface area contributed by atoms with Crippen LogP contribution < -0.4 is 0 Å². The summed E-state index contributed by atoms with van der Waals surface area (Å²) in [5.41, 5.74) is 0.975. The molecule has 1 amide bonds.